The molecule has 0 aliphatic rings. The molecular weight excluding hydrogens is 816 g/mol. The van der Waals surface area contributed by atoms with Crippen molar-refractivity contribution < 1.29 is 47.8 Å². The third kappa shape index (κ3) is 48.0. The molecule has 0 saturated heterocycles. The third-order valence-electron chi connectivity index (χ3n) is 11.3. The summed E-state index contributed by atoms with van der Waals surface area (Å²) in [6.07, 6.45) is 52.7. The molecule has 0 aliphatic heterocycles. The van der Waals surface area contributed by atoms with Crippen LogP contribution in [0, 0.1) is 0 Å². The zero-order valence-corrected chi connectivity index (χ0v) is 41.4. The predicted molar refractivity (Wildman–Crippen MR) is 261 cm³/mol. The molecule has 11 heteroatoms. The first-order valence-electron chi connectivity index (χ1n) is 25.9. The molecule has 0 bridgehead atoms. The summed E-state index contributed by atoms with van der Waals surface area (Å²) in [5, 5.41) is 18.4. The van der Waals surface area contributed by atoms with Crippen LogP contribution >= 0.6 is 7.82 Å². The number of ether oxygens (including phenoxy) is 2. The van der Waals surface area contributed by atoms with Gasteiger partial charge >= 0.3 is 19.8 Å². The lowest BCUT2D eigenvalue weighted by Crippen LogP contribution is -2.29. The Labute approximate surface area is 386 Å². The summed E-state index contributed by atoms with van der Waals surface area (Å²) in [5.74, 6) is -0.963. The number of hydrogen-bond donors (Lipinski definition) is 3. The number of aliphatic hydroxyl groups is 2. The molecule has 0 aromatic heterocycles. The van der Waals surface area contributed by atoms with Crippen LogP contribution in [0.4, 0.5) is 0 Å². The number of allylic oxidation sites excluding steroid dienone is 6. The molecule has 0 rings (SSSR count). The third-order valence-corrected chi connectivity index (χ3v) is 12.2. The van der Waals surface area contributed by atoms with Crippen LogP contribution in [0.1, 0.15) is 245 Å². The van der Waals surface area contributed by atoms with Crippen LogP contribution in [0.15, 0.2) is 36.5 Å². The molecule has 1 unspecified atom stereocenters. The summed E-state index contributed by atoms with van der Waals surface area (Å²) >= 11 is 0. The average Bonchev–Trinajstić information content (AvgIpc) is 3.27. The summed E-state index contributed by atoms with van der Waals surface area (Å²) in [4.78, 5) is 35.1. The van der Waals surface area contributed by atoms with E-state index in [-0.39, 0.29) is 19.4 Å². The molecule has 0 radical (unpaired) electrons. The maximum Gasteiger partial charge on any atom is 0.472 e. The van der Waals surface area contributed by atoms with Crippen molar-refractivity contribution in [3.8, 4) is 0 Å². The summed E-state index contributed by atoms with van der Waals surface area (Å²) < 4.78 is 32.8. The smallest absolute Gasteiger partial charge is 0.462 e. The van der Waals surface area contributed by atoms with Gasteiger partial charge in [0.25, 0.3) is 0 Å². The Bertz CT molecular complexity index is 1140. The number of unbranched alkanes of at least 4 members (excludes halogenated alkanes) is 29. The lowest BCUT2D eigenvalue weighted by atomic mass is 10.0. The standard InChI is InChI=1S/C52H97O10P/c1-3-5-7-9-11-13-15-17-19-21-22-23-24-25-26-28-30-32-34-36-38-40-42-44-52(56)62-50(48-61-63(57,58)60-46-49(54)45-53)47-59-51(55)43-41-39-37-35-33-31-29-27-20-18-16-14-12-10-8-6-4-2/h12,14,18,20,36,38,49-50,53-54H,3-11,13,15-17,19,21-35,37,39-48H2,1-2H3,(H,57,58)/b14-12+,20-18+,38-36+/t49-,50+/m0/s1. The first kappa shape index (κ1) is 61.2. The number of phosphoric ester groups is 1. The molecule has 63 heavy (non-hydrogen) atoms. The quantitative estimate of drug-likeness (QED) is 0.0233. The van der Waals surface area contributed by atoms with E-state index >= 15 is 0 Å². The van der Waals surface area contributed by atoms with E-state index in [0.717, 1.165) is 44.9 Å². The van der Waals surface area contributed by atoms with E-state index in [1.807, 2.05) is 0 Å². The van der Waals surface area contributed by atoms with Crippen molar-refractivity contribution in [2.75, 3.05) is 26.4 Å². The lowest BCUT2D eigenvalue weighted by molar-refractivity contribution is -0.161. The highest BCUT2D eigenvalue weighted by Gasteiger charge is 2.27. The molecule has 0 aliphatic carbocycles. The summed E-state index contributed by atoms with van der Waals surface area (Å²) in [6.45, 7) is 2.36. The van der Waals surface area contributed by atoms with Gasteiger partial charge < -0.3 is 24.6 Å². The van der Waals surface area contributed by atoms with Crippen LogP contribution in [-0.4, -0.2) is 65.7 Å². The SMILES string of the molecule is CCCCC/C=C/C/C=C/CCCCCCCCCC(=O)OC[C@H](COP(=O)(O)OC[C@@H](O)CO)OC(=O)CCC/C=C/CCCCCCCCCCCCCCCCCCCC. The Hall–Kier alpha value is -1.81. The molecule has 0 aromatic rings. The van der Waals surface area contributed by atoms with E-state index in [2.05, 4.69) is 50.3 Å². The van der Waals surface area contributed by atoms with E-state index in [1.54, 1.807) is 0 Å². The van der Waals surface area contributed by atoms with Crippen LogP contribution < -0.4 is 0 Å². The first-order chi connectivity index (χ1) is 30.7. The molecule has 0 aromatic carbocycles. The molecule has 370 valence electrons. The van der Waals surface area contributed by atoms with Crippen molar-refractivity contribution >= 4 is 19.8 Å². The monoisotopic (exact) mass is 913 g/mol. The molecule has 0 saturated carbocycles. The van der Waals surface area contributed by atoms with Gasteiger partial charge in [-0.3, -0.25) is 18.6 Å². The van der Waals surface area contributed by atoms with Gasteiger partial charge in [-0.1, -0.05) is 204 Å². The Kier molecular flexibility index (Phi) is 46.7. The summed E-state index contributed by atoms with van der Waals surface area (Å²) in [6, 6.07) is 0. The van der Waals surface area contributed by atoms with Crippen molar-refractivity contribution in [3.63, 3.8) is 0 Å². The number of aliphatic hydroxyl groups excluding tert-OH is 2. The minimum Gasteiger partial charge on any atom is -0.462 e. The highest BCUT2D eigenvalue weighted by molar-refractivity contribution is 7.47. The first-order valence-corrected chi connectivity index (χ1v) is 27.4. The van der Waals surface area contributed by atoms with Crippen molar-refractivity contribution in [2.24, 2.45) is 0 Å². The van der Waals surface area contributed by atoms with Crippen molar-refractivity contribution in [3.05, 3.63) is 36.5 Å². The number of rotatable bonds is 49. The minimum atomic E-state index is -4.63. The molecule has 0 fully saturated rings. The van der Waals surface area contributed by atoms with Gasteiger partial charge in [0.2, 0.25) is 0 Å². The second-order valence-corrected chi connectivity index (χ2v) is 19.0. The highest BCUT2D eigenvalue weighted by Crippen LogP contribution is 2.43. The Balaban J connectivity index is 4.19. The van der Waals surface area contributed by atoms with E-state index in [1.165, 1.54) is 161 Å². The molecule has 3 N–H and O–H groups in total. The van der Waals surface area contributed by atoms with Crippen molar-refractivity contribution in [1.29, 1.82) is 0 Å². The second-order valence-electron chi connectivity index (χ2n) is 17.5. The van der Waals surface area contributed by atoms with Gasteiger partial charge in [0, 0.05) is 12.8 Å². The largest absolute Gasteiger partial charge is 0.472 e. The number of phosphoric acid groups is 1. The fraction of sp³-hybridized carbons (Fsp3) is 0.846. The van der Waals surface area contributed by atoms with Gasteiger partial charge in [-0.2, -0.15) is 0 Å². The molecule has 0 spiro atoms. The van der Waals surface area contributed by atoms with E-state index in [0.29, 0.717) is 12.8 Å². The van der Waals surface area contributed by atoms with Gasteiger partial charge in [-0.05, 0) is 64.2 Å². The van der Waals surface area contributed by atoms with Gasteiger partial charge in [0.1, 0.15) is 12.7 Å². The lowest BCUT2D eigenvalue weighted by Gasteiger charge is -2.20. The minimum absolute atomic E-state index is 0.136. The maximum atomic E-state index is 12.7. The van der Waals surface area contributed by atoms with E-state index in [9.17, 15) is 24.2 Å². The van der Waals surface area contributed by atoms with Crippen LogP contribution in [0.3, 0.4) is 0 Å². The van der Waals surface area contributed by atoms with Gasteiger partial charge in [-0.15, -0.1) is 0 Å². The van der Waals surface area contributed by atoms with Crippen LogP contribution in [0.25, 0.3) is 0 Å². The number of esters is 2. The maximum absolute atomic E-state index is 12.7. The molecule has 0 amide bonds. The van der Waals surface area contributed by atoms with Crippen LogP contribution in [-0.2, 0) is 32.7 Å². The summed E-state index contributed by atoms with van der Waals surface area (Å²) in [5.41, 5.74) is 0. The van der Waals surface area contributed by atoms with E-state index in [4.69, 9.17) is 23.6 Å². The normalized spacial score (nSPS) is 13.9. The predicted octanol–water partition coefficient (Wildman–Crippen LogP) is 14.7. The molecular formula is C52H97O10P. The molecule has 0 heterocycles. The van der Waals surface area contributed by atoms with Gasteiger partial charge in [0.05, 0.1) is 19.8 Å². The second kappa shape index (κ2) is 48.1. The fourth-order valence-corrected chi connectivity index (χ4v) is 8.05. The van der Waals surface area contributed by atoms with Crippen LogP contribution in [0.5, 0.6) is 0 Å². The zero-order valence-electron chi connectivity index (χ0n) is 40.5. The fourth-order valence-electron chi connectivity index (χ4n) is 7.26. The number of carbonyl (C=O) groups is 2. The van der Waals surface area contributed by atoms with Crippen LogP contribution in [0.2, 0.25) is 0 Å². The van der Waals surface area contributed by atoms with Gasteiger partial charge in [-0.25, -0.2) is 4.57 Å². The van der Waals surface area contributed by atoms with Crippen molar-refractivity contribution in [2.45, 2.75) is 257 Å². The van der Waals surface area contributed by atoms with E-state index < -0.39 is 51.8 Å². The Morgan fingerprint density at radius 3 is 1.32 bits per heavy atom. The highest BCUT2D eigenvalue weighted by atomic mass is 31.2. The number of hydrogen-bond acceptors (Lipinski definition) is 9. The topological polar surface area (TPSA) is 149 Å². The number of carbonyl (C=O) groups excluding carboxylic acids is 2. The zero-order chi connectivity index (χ0) is 46.2. The van der Waals surface area contributed by atoms with Gasteiger partial charge in [0.15, 0.2) is 6.10 Å². The van der Waals surface area contributed by atoms with Crippen molar-refractivity contribution in [1.82, 2.24) is 0 Å². The average molecular weight is 913 g/mol. The molecule has 3 atom stereocenters. The Morgan fingerprint density at radius 2 is 0.841 bits per heavy atom. The summed E-state index contributed by atoms with van der Waals surface area (Å²) in [7, 11) is -4.63. The molecule has 10 nitrogen and oxygen atoms in total. The Morgan fingerprint density at radius 1 is 0.476 bits per heavy atom.